The summed E-state index contributed by atoms with van der Waals surface area (Å²) in [5.41, 5.74) is 0.799. The number of sulfonamides is 1. The molecule has 1 aromatic heterocycles. The van der Waals surface area contributed by atoms with E-state index in [4.69, 9.17) is 4.74 Å². The molecule has 2 aromatic rings. The molecule has 2 heterocycles. The summed E-state index contributed by atoms with van der Waals surface area (Å²) in [7, 11) is -1.95. The number of aryl methyl sites for hydroxylation is 1. The number of aromatic nitrogens is 2. The van der Waals surface area contributed by atoms with Crippen LogP contribution in [0.5, 0.6) is 5.75 Å². The smallest absolute Gasteiger partial charge is 0.243 e. The predicted molar refractivity (Wildman–Crippen MR) is 105 cm³/mol. The van der Waals surface area contributed by atoms with Gasteiger partial charge in [0.05, 0.1) is 12.0 Å². The third kappa shape index (κ3) is 4.14. The molecule has 1 N–H and O–H groups in total. The van der Waals surface area contributed by atoms with Gasteiger partial charge in [0, 0.05) is 32.7 Å². The lowest BCUT2D eigenvalue weighted by atomic mass is 10.2. The lowest BCUT2D eigenvalue weighted by Gasteiger charge is -2.34. The fraction of sp³-hybridized carbons (Fsp3) is 0.444. The highest BCUT2D eigenvalue weighted by atomic mass is 32.2. The highest BCUT2D eigenvalue weighted by Crippen LogP contribution is 2.25. The van der Waals surface area contributed by atoms with Gasteiger partial charge in [-0.1, -0.05) is 0 Å². The predicted octanol–water partition coefficient (Wildman–Crippen LogP) is 1.74. The van der Waals surface area contributed by atoms with E-state index in [1.54, 1.807) is 25.3 Å². The van der Waals surface area contributed by atoms with Gasteiger partial charge in [-0.2, -0.15) is 4.31 Å². The monoisotopic (exact) mass is 391 g/mol. The zero-order chi connectivity index (χ0) is 19.4. The molecule has 1 fully saturated rings. The summed E-state index contributed by atoms with van der Waals surface area (Å²) < 4.78 is 32.6. The molecule has 8 nitrogen and oxygen atoms in total. The normalized spacial score (nSPS) is 15.6. The van der Waals surface area contributed by atoms with E-state index in [1.165, 1.54) is 4.31 Å². The van der Waals surface area contributed by atoms with E-state index in [9.17, 15) is 8.42 Å². The summed E-state index contributed by atoms with van der Waals surface area (Å²) in [6.07, 6.45) is 0. The Balaban J connectivity index is 1.68. The summed E-state index contributed by atoms with van der Waals surface area (Å²) >= 11 is 0. The number of piperazine rings is 1. The molecule has 27 heavy (non-hydrogen) atoms. The Morgan fingerprint density at radius 3 is 2.41 bits per heavy atom. The van der Waals surface area contributed by atoms with E-state index < -0.39 is 10.0 Å². The van der Waals surface area contributed by atoms with E-state index >= 15 is 0 Å². The Labute approximate surface area is 160 Å². The van der Waals surface area contributed by atoms with E-state index in [-0.39, 0.29) is 0 Å². The van der Waals surface area contributed by atoms with Gasteiger partial charge in [0.25, 0.3) is 0 Å². The van der Waals surface area contributed by atoms with Crippen LogP contribution in [-0.2, 0) is 10.0 Å². The van der Waals surface area contributed by atoms with E-state index in [0.29, 0.717) is 36.8 Å². The van der Waals surface area contributed by atoms with Crippen molar-refractivity contribution < 1.29 is 13.2 Å². The molecule has 3 rings (SSSR count). The van der Waals surface area contributed by atoms with Crippen molar-refractivity contribution in [2.24, 2.45) is 0 Å². The van der Waals surface area contributed by atoms with Crippen LogP contribution in [0.3, 0.4) is 0 Å². The van der Waals surface area contributed by atoms with Gasteiger partial charge in [0.1, 0.15) is 11.6 Å². The summed E-state index contributed by atoms with van der Waals surface area (Å²) in [4.78, 5) is 2.35. The first-order valence-electron chi connectivity index (χ1n) is 8.93. The Morgan fingerprint density at radius 1 is 1.11 bits per heavy atom. The van der Waals surface area contributed by atoms with Crippen molar-refractivity contribution in [3.05, 3.63) is 35.9 Å². The second-order valence-corrected chi connectivity index (χ2v) is 8.27. The molecule has 0 aliphatic carbocycles. The number of anilines is 2. The third-order valence-corrected chi connectivity index (χ3v) is 6.47. The topological polar surface area (TPSA) is 87.7 Å². The average Bonchev–Trinajstić information content (AvgIpc) is 2.69. The fourth-order valence-electron chi connectivity index (χ4n) is 3.09. The molecule has 146 valence electrons. The molecule has 1 saturated heterocycles. The van der Waals surface area contributed by atoms with E-state index in [0.717, 1.165) is 23.7 Å². The van der Waals surface area contributed by atoms with Crippen LogP contribution in [0.25, 0.3) is 0 Å². The number of nitrogens with one attached hydrogen (secondary N) is 1. The second-order valence-electron chi connectivity index (χ2n) is 6.33. The summed E-state index contributed by atoms with van der Waals surface area (Å²) in [6, 6.07) is 8.74. The average molecular weight is 391 g/mol. The fourth-order valence-corrected chi connectivity index (χ4v) is 4.60. The van der Waals surface area contributed by atoms with Crippen LogP contribution in [0.2, 0.25) is 0 Å². The number of nitrogens with zero attached hydrogens (tertiary/aromatic N) is 4. The quantitative estimate of drug-likeness (QED) is 0.802. The van der Waals surface area contributed by atoms with Gasteiger partial charge in [-0.25, -0.2) is 8.42 Å². The number of benzene rings is 1. The summed E-state index contributed by atoms with van der Waals surface area (Å²) in [5, 5.41) is 11.5. The molecule has 0 bridgehead atoms. The van der Waals surface area contributed by atoms with Crippen molar-refractivity contribution in [3.63, 3.8) is 0 Å². The van der Waals surface area contributed by atoms with Crippen LogP contribution in [0.4, 0.5) is 11.6 Å². The zero-order valence-electron chi connectivity index (χ0n) is 15.8. The van der Waals surface area contributed by atoms with Gasteiger partial charge < -0.3 is 15.0 Å². The van der Waals surface area contributed by atoms with Crippen molar-refractivity contribution in [1.29, 1.82) is 0 Å². The third-order valence-electron chi connectivity index (χ3n) is 4.58. The number of hydrogen-bond acceptors (Lipinski definition) is 7. The van der Waals surface area contributed by atoms with Gasteiger partial charge in [0.15, 0.2) is 5.82 Å². The minimum atomic E-state index is -3.52. The van der Waals surface area contributed by atoms with Gasteiger partial charge in [-0.3, -0.25) is 0 Å². The highest BCUT2D eigenvalue weighted by molar-refractivity contribution is 7.89. The van der Waals surface area contributed by atoms with Crippen molar-refractivity contribution in [2.45, 2.75) is 18.7 Å². The number of rotatable bonds is 6. The molecule has 1 aliphatic heterocycles. The summed E-state index contributed by atoms with van der Waals surface area (Å²) in [5.74, 6) is 2.17. The van der Waals surface area contributed by atoms with Crippen LogP contribution in [0.15, 0.2) is 35.2 Å². The minimum Gasteiger partial charge on any atom is -0.496 e. The van der Waals surface area contributed by atoms with E-state index in [1.807, 2.05) is 30.9 Å². The van der Waals surface area contributed by atoms with Gasteiger partial charge in [-0.15, -0.1) is 10.2 Å². The van der Waals surface area contributed by atoms with Crippen LogP contribution in [0.1, 0.15) is 12.5 Å². The van der Waals surface area contributed by atoms with Crippen molar-refractivity contribution >= 4 is 21.7 Å². The number of hydrogen-bond donors (Lipinski definition) is 1. The molecule has 0 amide bonds. The van der Waals surface area contributed by atoms with Crippen LogP contribution < -0.4 is 15.0 Å². The first-order valence-corrected chi connectivity index (χ1v) is 10.4. The molecule has 0 saturated carbocycles. The molecular weight excluding hydrogens is 366 g/mol. The lowest BCUT2D eigenvalue weighted by molar-refractivity contribution is 0.383. The zero-order valence-corrected chi connectivity index (χ0v) is 16.7. The SMILES string of the molecule is CCNc1ccc(N2CCN(S(=O)(=O)c3ccc(OC)c(C)c3)CC2)nn1. The van der Waals surface area contributed by atoms with Crippen molar-refractivity contribution in [2.75, 3.05) is 50.1 Å². The maximum atomic E-state index is 12.9. The van der Waals surface area contributed by atoms with Gasteiger partial charge in [-0.05, 0) is 49.7 Å². The lowest BCUT2D eigenvalue weighted by Crippen LogP contribution is -2.49. The Kier molecular flexibility index (Phi) is 5.81. The van der Waals surface area contributed by atoms with E-state index in [2.05, 4.69) is 15.5 Å². The molecule has 0 atom stereocenters. The van der Waals surface area contributed by atoms with Crippen molar-refractivity contribution in [1.82, 2.24) is 14.5 Å². The first kappa shape index (κ1) is 19.4. The second kappa shape index (κ2) is 8.10. The molecule has 1 aliphatic rings. The molecular formula is C18H25N5O3S. The maximum Gasteiger partial charge on any atom is 0.243 e. The number of ether oxygens (including phenoxy) is 1. The first-order chi connectivity index (χ1) is 13.0. The van der Waals surface area contributed by atoms with Gasteiger partial charge >= 0.3 is 0 Å². The largest absolute Gasteiger partial charge is 0.496 e. The molecule has 0 unspecified atom stereocenters. The summed E-state index contributed by atoms with van der Waals surface area (Å²) in [6.45, 7) is 6.59. The minimum absolute atomic E-state index is 0.295. The number of methoxy groups -OCH3 is 1. The Bertz CT molecular complexity index is 878. The maximum absolute atomic E-state index is 12.9. The van der Waals surface area contributed by atoms with Gasteiger partial charge in [0.2, 0.25) is 10.0 Å². The standard InChI is InChI=1S/C18H25N5O3S/c1-4-19-17-7-8-18(21-20-17)22-9-11-23(12-10-22)27(24,25)15-5-6-16(26-3)14(2)13-15/h5-8,13H,4,9-12H2,1-3H3,(H,19,20). The van der Waals surface area contributed by atoms with Crippen LogP contribution in [0, 0.1) is 6.92 Å². The Morgan fingerprint density at radius 2 is 1.85 bits per heavy atom. The Hall–Kier alpha value is -2.39. The molecule has 9 heteroatoms. The molecule has 0 radical (unpaired) electrons. The highest BCUT2D eigenvalue weighted by Gasteiger charge is 2.29. The van der Waals surface area contributed by atoms with Crippen LogP contribution >= 0.6 is 0 Å². The van der Waals surface area contributed by atoms with Crippen molar-refractivity contribution in [3.8, 4) is 5.75 Å². The molecule has 1 aromatic carbocycles. The molecule has 0 spiro atoms. The van der Waals surface area contributed by atoms with Crippen LogP contribution in [-0.4, -0.2) is 62.8 Å².